The lowest BCUT2D eigenvalue weighted by molar-refractivity contribution is -0.140. The summed E-state index contributed by atoms with van der Waals surface area (Å²) in [5, 5.41) is 3.84. The Bertz CT molecular complexity index is 875. The number of benzene rings is 2. The highest BCUT2D eigenvalue weighted by molar-refractivity contribution is 6.36. The first-order valence-electron chi connectivity index (χ1n) is 10.7. The molecule has 1 atom stereocenters. The second-order valence-electron chi connectivity index (χ2n) is 8.46. The van der Waals surface area contributed by atoms with E-state index in [4.69, 9.17) is 23.2 Å². The largest absolute Gasteiger partial charge is 0.352 e. The van der Waals surface area contributed by atoms with Gasteiger partial charge in [-0.05, 0) is 56.4 Å². The van der Waals surface area contributed by atoms with Crippen molar-refractivity contribution in [2.75, 3.05) is 0 Å². The molecule has 0 fully saturated rings. The molecule has 31 heavy (non-hydrogen) atoms. The van der Waals surface area contributed by atoms with Crippen molar-refractivity contribution in [3.05, 3.63) is 69.2 Å². The van der Waals surface area contributed by atoms with Crippen LogP contribution < -0.4 is 5.32 Å². The lowest BCUT2D eigenvalue weighted by atomic mass is 10.00. The van der Waals surface area contributed by atoms with Gasteiger partial charge < -0.3 is 10.2 Å². The first kappa shape index (κ1) is 25.2. The maximum absolute atomic E-state index is 13.2. The standard InChI is InChI=1S/C25H32Cl2N2O2/c1-16(2)20-12-9-19(10-13-20)11-14-24(30)29(18(5)25(31)28-17(3)4)15-21-22(26)7-6-8-23(21)27/h6-10,12-13,16-18H,11,14-15H2,1-5H3,(H,28,31)/t18-/m0/s1. The SMILES string of the molecule is CC(C)NC(=O)[C@H](C)N(Cc1c(Cl)cccc1Cl)C(=O)CCc1ccc(C(C)C)cc1. The van der Waals surface area contributed by atoms with Crippen LogP contribution in [0.4, 0.5) is 0 Å². The molecule has 1 N–H and O–H groups in total. The van der Waals surface area contributed by atoms with Crippen molar-refractivity contribution in [3.63, 3.8) is 0 Å². The number of carbonyl (C=O) groups excluding carboxylic acids is 2. The van der Waals surface area contributed by atoms with Crippen LogP contribution in [0.25, 0.3) is 0 Å². The van der Waals surface area contributed by atoms with Crippen molar-refractivity contribution < 1.29 is 9.59 Å². The second kappa shape index (κ2) is 11.5. The summed E-state index contributed by atoms with van der Waals surface area (Å²) in [6, 6.07) is 12.9. The summed E-state index contributed by atoms with van der Waals surface area (Å²) in [5.41, 5.74) is 3.00. The number of amides is 2. The molecule has 6 heteroatoms. The molecule has 2 aromatic rings. The average molecular weight is 463 g/mol. The van der Waals surface area contributed by atoms with E-state index >= 15 is 0 Å². The molecule has 168 valence electrons. The molecule has 0 aromatic heterocycles. The second-order valence-corrected chi connectivity index (χ2v) is 9.27. The molecule has 0 spiro atoms. The van der Waals surface area contributed by atoms with Gasteiger partial charge in [0.2, 0.25) is 11.8 Å². The molecule has 4 nitrogen and oxygen atoms in total. The van der Waals surface area contributed by atoms with Gasteiger partial charge in [0, 0.05) is 34.6 Å². The van der Waals surface area contributed by atoms with Gasteiger partial charge in [0.25, 0.3) is 0 Å². The summed E-state index contributed by atoms with van der Waals surface area (Å²) in [7, 11) is 0. The van der Waals surface area contributed by atoms with Crippen LogP contribution in [0, 0.1) is 0 Å². The van der Waals surface area contributed by atoms with E-state index in [1.807, 2.05) is 13.8 Å². The Morgan fingerprint density at radius 2 is 1.52 bits per heavy atom. The molecule has 0 unspecified atom stereocenters. The molecule has 0 bridgehead atoms. The maximum Gasteiger partial charge on any atom is 0.242 e. The Morgan fingerprint density at radius 1 is 0.935 bits per heavy atom. The third-order valence-corrected chi connectivity index (χ3v) is 5.97. The number of hydrogen-bond acceptors (Lipinski definition) is 2. The van der Waals surface area contributed by atoms with Crippen LogP contribution in [0.3, 0.4) is 0 Å². The van der Waals surface area contributed by atoms with Crippen molar-refractivity contribution >= 4 is 35.0 Å². The van der Waals surface area contributed by atoms with Gasteiger partial charge >= 0.3 is 0 Å². The molecule has 2 aromatic carbocycles. The zero-order chi connectivity index (χ0) is 23.1. The Morgan fingerprint density at radius 3 is 2.03 bits per heavy atom. The van der Waals surface area contributed by atoms with Crippen molar-refractivity contribution in [1.82, 2.24) is 10.2 Å². The molecule has 0 saturated carbocycles. The van der Waals surface area contributed by atoms with E-state index in [-0.39, 0.29) is 24.4 Å². The highest BCUT2D eigenvalue weighted by Gasteiger charge is 2.27. The zero-order valence-electron chi connectivity index (χ0n) is 18.9. The van der Waals surface area contributed by atoms with E-state index in [2.05, 4.69) is 43.4 Å². The van der Waals surface area contributed by atoms with E-state index in [9.17, 15) is 9.59 Å². The van der Waals surface area contributed by atoms with Gasteiger partial charge in [-0.25, -0.2) is 0 Å². The number of nitrogens with one attached hydrogen (secondary N) is 1. The summed E-state index contributed by atoms with van der Waals surface area (Å²) >= 11 is 12.7. The smallest absolute Gasteiger partial charge is 0.242 e. The molecule has 0 saturated heterocycles. The molecule has 0 aliphatic heterocycles. The van der Waals surface area contributed by atoms with Crippen molar-refractivity contribution in [2.45, 2.75) is 72.0 Å². The predicted octanol–water partition coefficient (Wildman–Crippen LogP) is 5.99. The first-order chi connectivity index (χ1) is 14.6. The molecule has 0 aliphatic rings. The minimum atomic E-state index is -0.648. The monoisotopic (exact) mass is 462 g/mol. The predicted molar refractivity (Wildman–Crippen MR) is 129 cm³/mol. The summed E-state index contributed by atoms with van der Waals surface area (Å²) in [5.74, 6) is 0.148. The van der Waals surface area contributed by atoms with Gasteiger partial charge in [-0.15, -0.1) is 0 Å². The molecular formula is C25H32Cl2N2O2. The van der Waals surface area contributed by atoms with E-state index in [0.717, 1.165) is 5.56 Å². The summed E-state index contributed by atoms with van der Waals surface area (Å²) in [4.78, 5) is 27.4. The van der Waals surface area contributed by atoms with Crippen molar-refractivity contribution in [1.29, 1.82) is 0 Å². The lowest BCUT2D eigenvalue weighted by Crippen LogP contribution is -2.49. The molecule has 0 aliphatic carbocycles. The summed E-state index contributed by atoms with van der Waals surface area (Å²) < 4.78 is 0. The van der Waals surface area contributed by atoms with Crippen LogP contribution in [-0.4, -0.2) is 28.8 Å². The fourth-order valence-corrected chi connectivity index (χ4v) is 3.82. The minimum absolute atomic E-state index is 0.0183. The van der Waals surface area contributed by atoms with Gasteiger partial charge in [-0.1, -0.05) is 67.4 Å². The lowest BCUT2D eigenvalue weighted by Gasteiger charge is -2.30. The van der Waals surface area contributed by atoms with Crippen LogP contribution in [0.5, 0.6) is 0 Å². The van der Waals surface area contributed by atoms with E-state index < -0.39 is 6.04 Å². The van der Waals surface area contributed by atoms with Gasteiger partial charge in [-0.3, -0.25) is 9.59 Å². The number of rotatable bonds is 9. The number of halogens is 2. The van der Waals surface area contributed by atoms with Gasteiger partial charge in [0.05, 0.1) is 0 Å². The van der Waals surface area contributed by atoms with Crippen LogP contribution in [0.2, 0.25) is 10.0 Å². The third kappa shape index (κ3) is 7.26. The molecule has 2 rings (SSSR count). The van der Waals surface area contributed by atoms with E-state index in [0.29, 0.717) is 34.4 Å². The van der Waals surface area contributed by atoms with E-state index in [1.165, 1.54) is 5.56 Å². The topological polar surface area (TPSA) is 49.4 Å². The normalized spacial score (nSPS) is 12.2. The highest BCUT2D eigenvalue weighted by atomic mass is 35.5. The van der Waals surface area contributed by atoms with Crippen LogP contribution in [0.15, 0.2) is 42.5 Å². The zero-order valence-corrected chi connectivity index (χ0v) is 20.4. The first-order valence-corrected chi connectivity index (χ1v) is 11.5. The van der Waals surface area contributed by atoms with Crippen molar-refractivity contribution in [2.24, 2.45) is 0 Å². The Balaban J connectivity index is 2.19. The van der Waals surface area contributed by atoms with Crippen LogP contribution in [0.1, 0.15) is 63.6 Å². The molecule has 2 amide bonds. The summed E-state index contributed by atoms with van der Waals surface area (Å²) in [6.45, 7) is 10.00. The van der Waals surface area contributed by atoms with Gasteiger partial charge in [-0.2, -0.15) is 0 Å². The number of hydrogen-bond donors (Lipinski definition) is 1. The third-order valence-electron chi connectivity index (χ3n) is 5.26. The van der Waals surface area contributed by atoms with E-state index in [1.54, 1.807) is 30.0 Å². The maximum atomic E-state index is 13.2. The van der Waals surface area contributed by atoms with Gasteiger partial charge in [0.15, 0.2) is 0 Å². The molecule has 0 radical (unpaired) electrons. The van der Waals surface area contributed by atoms with Gasteiger partial charge in [0.1, 0.15) is 6.04 Å². The summed E-state index contributed by atoms with van der Waals surface area (Å²) in [6.07, 6.45) is 0.894. The average Bonchev–Trinajstić information content (AvgIpc) is 2.71. The Kier molecular flexibility index (Phi) is 9.39. The number of carbonyl (C=O) groups is 2. The molecular weight excluding hydrogens is 431 g/mol. The molecule has 0 heterocycles. The fourth-order valence-electron chi connectivity index (χ4n) is 3.31. The minimum Gasteiger partial charge on any atom is -0.352 e. The quantitative estimate of drug-likeness (QED) is 0.497. The van der Waals surface area contributed by atoms with Crippen molar-refractivity contribution in [3.8, 4) is 0 Å². The van der Waals surface area contributed by atoms with Crippen LogP contribution in [-0.2, 0) is 22.6 Å². The Labute approximate surface area is 195 Å². The highest BCUT2D eigenvalue weighted by Crippen LogP contribution is 2.27. The Hall–Kier alpha value is -2.04. The number of nitrogens with zero attached hydrogens (tertiary/aromatic N) is 1. The van der Waals surface area contributed by atoms with Crippen LogP contribution >= 0.6 is 23.2 Å². The fraction of sp³-hybridized carbons (Fsp3) is 0.440. The number of aryl methyl sites for hydroxylation is 1.